The molecular formula is C21H14F5N3S. The zero-order valence-corrected chi connectivity index (χ0v) is 16.3. The van der Waals surface area contributed by atoms with Gasteiger partial charge in [0.25, 0.3) is 0 Å². The summed E-state index contributed by atoms with van der Waals surface area (Å²) in [5.41, 5.74) is -2.77. The van der Waals surface area contributed by atoms with Gasteiger partial charge in [-0.1, -0.05) is 6.08 Å². The summed E-state index contributed by atoms with van der Waals surface area (Å²) in [6.45, 7) is 1.82. The Morgan fingerprint density at radius 2 is 1.43 bits per heavy atom. The Morgan fingerprint density at radius 1 is 0.867 bits per heavy atom. The fourth-order valence-electron chi connectivity index (χ4n) is 3.16. The van der Waals surface area contributed by atoms with Gasteiger partial charge in [-0.3, -0.25) is 0 Å². The first-order valence-electron chi connectivity index (χ1n) is 8.98. The number of allylic oxidation sites excluding steroid dienone is 3. The number of halogens is 5. The van der Waals surface area contributed by atoms with E-state index in [0.29, 0.717) is 4.88 Å². The van der Waals surface area contributed by atoms with E-state index in [4.69, 9.17) is 10.5 Å². The molecular weight excluding hydrogens is 421 g/mol. The van der Waals surface area contributed by atoms with Gasteiger partial charge in [0.1, 0.15) is 17.7 Å². The minimum atomic E-state index is -2.31. The summed E-state index contributed by atoms with van der Waals surface area (Å²) in [5.74, 6) is -10.8. The molecule has 0 aliphatic carbocycles. The first-order chi connectivity index (χ1) is 14.4. The van der Waals surface area contributed by atoms with Crippen LogP contribution in [0, 0.1) is 51.7 Å². The summed E-state index contributed by atoms with van der Waals surface area (Å²) in [6.07, 6.45) is 5.70. The van der Waals surface area contributed by atoms with Crippen LogP contribution in [0.25, 0.3) is 11.6 Å². The molecule has 0 atom stereocenters. The summed E-state index contributed by atoms with van der Waals surface area (Å²) in [6, 6.07) is 6.49. The number of benzene rings is 1. The SMILES string of the molecule is N#CC(C#N)=C(C=Cc1ccc(N2CCCCC2)s1)c1c(F)c(F)c(F)c(F)c1F. The van der Waals surface area contributed by atoms with Gasteiger partial charge in [-0.15, -0.1) is 11.3 Å². The minimum absolute atomic E-state index is 0.632. The summed E-state index contributed by atoms with van der Waals surface area (Å²) in [4.78, 5) is 2.83. The number of anilines is 1. The molecule has 2 aromatic rings. The lowest BCUT2D eigenvalue weighted by Gasteiger charge is -2.27. The maximum atomic E-state index is 14.2. The molecule has 1 aromatic carbocycles. The molecule has 3 rings (SSSR count). The summed E-state index contributed by atoms with van der Waals surface area (Å²) in [7, 11) is 0. The van der Waals surface area contributed by atoms with Crippen LogP contribution in [0.5, 0.6) is 0 Å². The molecule has 0 N–H and O–H groups in total. The Kier molecular flexibility index (Phi) is 6.53. The Balaban J connectivity index is 2.05. The molecule has 0 amide bonds. The number of nitriles is 2. The predicted octanol–water partition coefficient (Wildman–Crippen LogP) is 5.95. The van der Waals surface area contributed by atoms with E-state index >= 15 is 0 Å². The lowest BCUT2D eigenvalue weighted by molar-refractivity contribution is 0.376. The minimum Gasteiger partial charge on any atom is -0.363 e. The number of rotatable bonds is 4. The highest BCUT2D eigenvalue weighted by Crippen LogP contribution is 2.33. The second-order valence-corrected chi connectivity index (χ2v) is 7.61. The lowest BCUT2D eigenvalue weighted by atomic mass is 9.98. The molecule has 0 unspecified atom stereocenters. The summed E-state index contributed by atoms with van der Waals surface area (Å²) in [5, 5.41) is 19.2. The highest BCUT2D eigenvalue weighted by molar-refractivity contribution is 7.16. The normalized spacial score (nSPS) is 13.9. The Hall–Kier alpha value is -3.17. The smallest absolute Gasteiger partial charge is 0.200 e. The highest BCUT2D eigenvalue weighted by atomic mass is 32.1. The third-order valence-electron chi connectivity index (χ3n) is 4.67. The van der Waals surface area contributed by atoms with Crippen LogP contribution < -0.4 is 4.90 Å². The zero-order valence-electron chi connectivity index (χ0n) is 15.5. The van der Waals surface area contributed by atoms with Gasteiger partial charge in [0.15, 0.2) is 23.3 Å². The predicted molar refractivity (Wildman–Crippen MR) is 104 cm³/mol. The van der Waals surface area contributed by atoms with Gasteiger partial charge in [0.05, 0.1) is 10.6 Å². The zero-order chi connectivity index (χ0) is 21.8. The standard InChI is InChI=1S/C21H14F5N3S/c22-17-16(18(23)20(25)21(26)19(17)24)14(12(10-27)11-28)6-4-13-5-7-15(30-13)29-8-2-1-3-9-29/h4-7H,1-3,8-9H2. The molecule has 154 valence electrons. The van der Waals surface area contributed by atoms with E-state index in [-0.39, 0.29) is 0 Å². The number of nitrogens with zero attached hydrogens (tertiary/aromatic N) is 3. The third-order valence-corrected chi connectivity index (χ3v) is 5.78. The average Bonchev–Trinajstić information content (AvgIpc) is 3.25. The van der Waals surface area contributed by atoms with Crippen LogP contribution >= 0.6 is 11.3 Å². The van der Waals surface area contributed by atoms with Gasteiger partial charge in [0, 0.05) is 23.5 Å². The van der Waals surface area contributed by atoms with Crippen LogP contribution in [0.2, 0.25) is 0 Å². The molecule has 1 aromatic heterocycles. The van der Waals surface area contributed by atoms with Gasteiger partial charge in [-0.2, -0.15) is 10.5 Å². The largest absolute Gasteiger partial charge is 0.363 e. The van der Waals surface area contributed by atoms with Gasteiger partial charge in [-0.25, -0.2) is 22.0 Å². The maximum absolute atomic E-state index is 14.2. The number of thiophene rings is 1. The monoisotopic (exact) mass is 435 g/mol. The van der Waals surface area contributed by atoms with Crippen molar-refractivity contribution in [3.63, 3.8) is 0 Å². The van der Waals surface area contributed by atoms with E-state index in [0.717, 1.165) is 43.4 Å². The fourth-order valence-corrected chi connectivity index (χ4v) is 4.12. The average molecular weight is 435 g/mol. The van der Waals surface area contributed by atoms with E-state index < -0.39 is 45.8 Å². The molecule has 2 heterocycles. The summed E-state index contributed by atoms with van der Waals surface area (Å²) < 4.78 is 69.1. The van der Waals surface area contributed by atoms with Crippen molar-refractivity contribution in [1.29, 1.82) is 10.5 Å². The van der Waals surface area contributed by atoms with Crippen molar-refractivity contribution in [2.24, 2.45) is 0 Å². The number of hydrogen-bond donors (Lipinski definition) is 0. The van der Waals surface area contributed by atoms with Gasteiger partial charge in [0.2, 0.25) is 5.82 Å². The van der Waals surface area contributed by atoms with E-state index in [1.54, 1.807) is 6.07 Å². The first-order valence-corrected chi connectivity index (χ1v) is 9.79. The van der Waals surface area contributed by atoms with Gasteiger partial charge < -0.3 is 4.90 Å². The lowest BCUT2D eigenvalue weighted by Crippen LogP contribution is -2.28. The second-order valence-electron chi connectivity index (χ2n) is 6.51. The van der Waals surface area contributed by atoms with Gasteiger partial charge >= 0.3 is 0 Å². The molecule has 3 nitrogen and oxygen atoms in total. The molecule has 0 saturated carbocycles. The molecule has 1 aliphatic rings. The van der Waals surface area contributed by atoms with Crippen molar-refractivity contribution in [3.05, 3.63) is 63.3 Å². The van der Waals surface area contributed by atoms with Crippen LogP contribution in [-0.2, 0) is 0 Å². The third kappa shape index (κ3) is 4.07. The van der Waals surface area contributed by atoms with Crippen LogP contribution in [0.4, 0.5) is 27.0 Å². The Bertz CT molecular complexity index is 1070. The van der Waals surface area contributed by atoms with Crippen molar-refractivity contribution in [3.8, 4) is 12.1 Å². The van der Waals surface area contributed by atoms with Crippen LogP contribution in [0.1, 0.15) is 29.7 Å². The van der Waals surface area contributed by atoms with Crippen molar-refractivity contribution in [2.75, 3.05) is 18.0 Å². The van der Waals surface area contributed by atoms with E-state index in [1.165, 1.54) is 29.6 Å². The van der Waals surface area contributed by atoms with Crippen LogP contribution in [-0.4, -0.2) is 13.1 Å². The Morgan fingerprint density at radius 3 is 2.00 bits per heavy atom. The molecule has 0 spiro atoms. The first kappa shape index (κ1) is 21.5. The van der Waals surface area contributed by atoms with Crippen molar-refractivity contribution < 1.29 is 22.0 Å². The molecule has 1 saturated heterocycles. The van der Waals surface area contributed by atoms with Crippen molar-refractivity contribution in [1.82, 2.24) is 0 Å². The van der Waals surface area contributed by atoms with Crippen LogP contribution in [0.3, 0.4) is 0 Å². The summed E-state index contributed by atoms with van der Waals surface area (Å²) >= 11 is 1.38. The highest BCUT2D eigenvalue weighted by Gasteiger charge is 2.28. The van der Waals surface area contributed by atoms with E-state index in [9.17, 15) is 22.0 Å². The Labute approximate surface area is 173 Å². The van der Waals surface area contributed by atoms with Crippen molar-refractivity contribution >= 4 is 28.0 Å². The molecule has 1 aliphatic heterocycles. The van der Waals surface area contributed by atoms with Gasteiger partial charge in [-0.05, 0) is 37.5 Å². The number of piperidine rings is 1. The van der Waals surface area contributed by atoms with E-state index in [2.05, 4.69) is 4.90 Å². The molecule has 0 radical (unpaired) electrons. The number of hydrogen-bond acceptors (Lipinski definition) is 4. The van der Waals surface area contributed by atoms with Crippen LogP contribution in [0.15, 0.2) is 23.8 Å². The molecule has 1 fully saturated rings. The molecule has 0 bridgehead atoms. The fraction of sp³-hybridized carbons (Fsp3) is 0.238. The molecule has 9 heteroatoms. The topological polar surface area (TPSA) is 50.8 Å². The van der Waals surface area contributed by atoms with Crippen molar-refractivity contribution in [2.45, 2.75) is 19.3 Å². The maximum Gasteiger partial charge on any atom is 0.200 e. The second kappa shape index (κ2) is 9.10. The quantitative estimate of drug-likeness (QED) is 0.196. The van der Waals surface area contributed by atoms with E-state index in [1.807, 2.05) is 6.07 Å². The molecule has 30 heavy (non-hydrogen) atoms.